The van der Waals surface area contributed by atoms with Gasteiger partial charge in [-0.05, 0) is 31.2 Å². The molecule has 0 aliphatic rings. The van der Waals surface area contributed by atoms with Crippen LogP contribution in [0, 0.1) is 5.82 Å². The van der Waals surface area contributed by atoms with Gasteiger partial charge in [0.25, 0.3) is 0 Å². The summed E-state index contributed by atoms with van der Waals surface area (Å²) < 4.78 is 18.5. The fraction of sp³-hybridized carbons (Fsp3) is 0.190. The summed E-state index contributed by atoms with van der Waals surface area (Å²) in [6.07, 6.45) is 3.11. The summed E-state index contributed by atoms with van der Waals surface area (Å²) in [5, 5.41) is 8.02. The van der Waals surface area contributed by atoms with Crippen molar-refractivity contribution in [1.29, 1.82) is 0 Å². The van der Waals surface area contributed by atoms with Gasteiger partial charge in [0.2, 0.25) is 0 Å². The molecule has 8 heteroatoms. The Morgan fingerprint density at radius 3 is 2.59 bits per heavy atom. The van der Waals surface area contributed by atoms with Crippen LogP contribution in [0.15, 0.2) is 58.9 Å². The van der Waals surface area contributed by atoms with Crippen LogP contribution in [-0.2, 0) is 25.8 Å². The number of methoxy groups -OCH3 is 1. The summed E-state index contributed by atoms with van der Waals surface area (Å²) in [6.45, 7) is 1.77. The number of hydrogen-bond acceptors (Lipinski definition) is 6. The molecule has 0 amide bonds. The molecule has 0 N–H and O–H groups in total. The molecule has 0 aliphatic carbocycles. The highest BCUT2D eigenvalue weighted by atomic mass is 35.5. The molecule has 152 valence electrons. The average Bonchev–Trinajstić information content (AvgIpc) is 2.71. The van der Waals surface area contributed by atoms with Gasteiger partial charge >= 0.3 is 5.97 Å². The Kier molecular flexibility index (Phi) is 8.36. The Morgan fingerprint density at radius 1 is 1.14 bits per heavy atom. The Balaban J connectivity index is 2.13. The fourth-order valence-electron chi connectivity index (χ4n) is 2.37. The predicted molar refractivity (Wildman–Crippen MR) is 110 cm³/mol. The maximum atomic E-state index is 13.8. The van der Waals surface area contributed by atoms with Gasteiger partial charge in [0, 0.05) is 16.7 Å². The molecular weight excluding hydrogens is 399 g/mol. The van der Waals surface area contributed by atoms with Crippen LogP contribution >= 0.6 is 11.6 Å². The van der Waals surface area contributed by atoms with Crippen LogP contribution in [-0.4, -0.2) is 31.6 Å². The minimum absolute atomic E-state index is 0.0176. The molecule has 2 aromatic carbocycles. The van der Waals surface area contributed by atoms with Gasteiger partial charge < -0.3 is 14.4 Å². The third-order valence-corrected chi connectivity index (χ3v) is 4.08. The van der Waals surface area contributed by atoms with E-state index in [1.807, 2.05) is 0 Å². The summed E-state index contributed by atoms with van der Waals surface area (Å²) >= 11 is 5.99. The lowest BCUT2D eigenvalue weighted by atomic mass is 10.0. The van der Waals surface area contributed by atoms with Gasteiger partial charge in [-0.2, -0.15) is 0 Å². The molecule has 0 unspecified atom stereocenters. The standard InChI is InChI=1S/C21H20ClFN2O4/c1-14(11-12-17-18(22)9-6-10-19(17)23)24-29-13-15-7-4-5-8-16(15)20(25-28-3)21(26)27-2/h4-12H,13H2,1-3H3/b12-11+,24-14?,25-20?. The van der Waals surface area contributed by atoms with Gasteiger partial charge in [-0.15, -0.1) is 0 Å². The SMILES string of the molecule is CON=C(C(=O)OC)c1ccccc1CON=C(C)/C=C/c1c(F)cccc1Cl. The number of carbonyl (C=O) groups excluding carboxylic acids is 1. The second-order valence-corrected chi connectivity index (χ2v) is 6.15. The third kappa shape index (κ3) is 6.15. The minimum Gasteiger partial charge on any atom is -0.464 e. The number of oxime groups is 2. The summed E-state index contributed by atoms with van der Waals surface area (Å²) in [4.78, 5) is 22.1. The second-order valence-electron chi connectivity index (χ2n) is 5.75. The molecule has 29 heavy (non-hydrogen) atoms. The maximum Gasteiger partial charge on any atom is 0.360 e. The number of allylic oxidation sites excluding steroid dienone is 1. The first-order valence-corrected chi connectivity index (χ1v) is 8.92. The van der Waals surface area contributed by atoms with Crippen molar-refractivity contribution in [3.8, 4) is 0 Å². The largest absolute Gasteiger partial charge is 0.464 e. The molecule has 0 aromatic heterocycles. The summed E-state index contributed by atoms with van der Waals surface area (Å²) in [6, 6.07) is 11.5. The molecule has 0 fully saturated rings. The minimum atomic E-state index is -0.635. The Hall–Kier alpha value is -3.19. The number of ether oxygens (including phenoxy) is 1. The van der Waals surface area contributed by atoms with Crippen molar-refractivity contribution in [1.82, 2.24) is 0 Å². The molecule has 0 bridgehead atoms. The zero-order chi connectivity index (χ0) is 21.2. The number of halogens is 2. The smallest absolute Gasteiger partial charge is 0.360 e. The van der Waals surface area contributed by atoms with Crippen LogP contribution in [0.2, 0.25) is 5.02 Å². The molecule has 0 atom stereocenters. The van der Waals surface area contributed by atoms with Gasteiger partial charge in [-0.25, -0.2) is 9.18 Å². The highest BCUT2D eigenvalue weighted by molar-refractivity contribution is 6.43. The van der Waals surface area contributed by atoms with Gasteiger partial charge in [0.05, 0.1) is 17.8 Å². The van der Waals surface area contributed by atoms with Crippen LogP contribution in [0.25, 0.3) is 6.08 Å². The fourth-order valence-corrected chi connectivity index (χ4v) is 2.60. The van der Waals surface area contributed by atoms with E-state index in [1.54, 1.807) is 43.3 Å². The van der Waals surface area contributed by atoms with Crippen molar-refractivity contribution >= 4 is 35.1 Å². The van der Waals surface area contributed by atoms with Crippen molar-refractivity contribution in [2.75, 3.05) is 14.2 Å². The molecule has 6 nitrogen and oxygen atoms in total. The van der Waals surface area contributed by atoms with Crippen LogP contribution in [0.3, 0.4) is 0 Å². The number of esters is 1. The van der Waals surface area contributed by atoms with E-state index in [1.165, 1.54) is 32.4 Å². The Morgan fingerprint density at radius 2 is 1.90 bits per heavy atom. The summed E-state index contributed by atoms with van der Waals surface area (Å²) in [7, 11) is 2.60. The van der Waals surface area contributed by atoms with E-state index < -0.39 is 11.8 Å². The van der Waals surface area contributed by atoms with Gasteiger partial charge in [0.15, 0.2) is 5.71 Å². The zero-order valence-corrected chi connectivity index (χ0v) is 16.9. The van der Waals surface area contributed by atoms with E-state index in [-0.39, 0.29) is 17.9 Å². The zero-order valence-electron chi connectivity index (χ0n) is 16.2. The molecule has 0 saturated heterocycles. The van der Waals surface area contributed by atoms with E-state index in [9.17, 15) is 9.18 Å². The predicted octanol–water partition coefficient (Wildman–Crippen LogP) is 4.61. The third-order valence-electron chi connectivity index (χ3n) is 3.75. The van der Waals surface area contributed by atoms with E-state index in [2.05, 4.69) is 10.3 Å². The van der Waals surface area contributed by atoms with Crippen LogP contribution < -0.4 is 0 Å². The van der Waals surface area contributed by atoms with Crippen molar-refractivity contribution in [2.45, 2.75) is 13.5 Å². The molecule has 2 aromatic rings. The monoisotopic (exact) mass is 418 g/mol. The van der Waals surface area contributed by atoms with E-state index in [0.717, 1.165) is 0 Å². The molecule has 0 heterocycles. The number of benzene rings is 2. The highest BCUT2D eigenvalue weighted by Gasteiger charge is 2.19. The van der Waals surface area contributed by atoms with Gasteiger partial charge in [-0.3, -0.25) is 0 Å². The molecule has 0 spiro atoms. The normalized spacial score (nSPS) is 12.2. The average molecular weight is 419 g/mol. The lowest BCUT2D eigenvalue weighted by molar-refractivity contribution is -0.132. The van der Waals surface area contributed by atoms with Crippen LogP contribution in [0.1, 0.15) is 23.6 Å². The van der Waals surface area contributed by atoms with Gasteiger partial charge in [-0.1, -0.05) is 52.2 Å². The van der Waals surface area contributed by atoms with Crippen molar-refractivity contribution in [3.63, 3.8) is 0 Å². The molecule has 0 radical (unpaired) electrons. The quantitative estimate of drug-likeness (QED) is 0.356. The first kappa shape index (κ1) is 22.1. The summed E-state index contributed by atoms with van der Waals surface area (Å²) in [5.74, 6) is -1.06. The number of carbonyl (C=O) groups is 1. The van der Waals surface area contributed by atoms with Crippen LogP contribution in [0.4, 0.5) is 4.39 Å². The van der Waals surface area contributed by atoms with Crippen LogP contribution in [0.5, 0.6) is 0 Å². The Bertz CT molecular complexity index is 937. The maximum absolute atomic E-state index is 13.8. The second kappa shape index (κ2) is 11.0. The number of rotatable bonds is 8. The van der Waals surface area contributed by atoms with Crippen molar-refractivity contribution < 1.29 is 23.6 Å². The summed E-state index contributed by atoms with van der Waals surface area (Å²) in [5.41, 5.74) is 1.95. The van der Waals surface area contributed by atoms with Crippen molar-refractivity contribution in [2.24, 2.45) is 10.3 Å². The molecule has 0 aliphatic heterocycles. The number of hydrogen-bond donors (Lipinski definition) is 0. The molecule has 0 saturated carbocycles. The Labute approximate surface area is 173 Å². The topological polar surface area (TPSA) is 69.5 Å². The molecule has 2 rings (SSSR count). The first-order chi connectivity index (χ1) is 14.0. The van der Waals surface area contributed by atoms with E-state index in [0.29, 0.717) is 21.9 Å². The van der Waals surface area contributed by atoms with Crippen molar-refractivity contribution in [3.05, 3.63) is 76.1 Å². The molecular formula is C21H20ClFN2O4. The van der Waals surface area contributed by atoms with E-state index >= 15 is 0 Å². The number of nitrogens with zero attached hydrogens (tertiary/aromatic N) is 2. The first-order valence-electron chi connectivity index (χ1n) is 8.54. The lowest BCUT2D eigenvalue weighted by Gasteiger charge is -2.09. The van der Waals surface area contributed by atoms with E-state index in [4.69, 9.17) is 26.0 Å². The highest BCUT2D eigenvalue weighted by Crippen LogP contribution is 2.20. The lowest BCUT2D eigenvalue weighted by Crippen LogP contribution is -2.19. The van der Waals surface area contributed by atoms with Gasteiger partial charge in [0.1, 0.15) is 19.5 Å².